The fourth-order valence-corrected chi connectivity index (χ4v) is 9.16. The fourth-order valence-electron chi connectivity index (χ4n) is 7.92. The second-order valence-electron chi connectivity index (χ2n) is 14.0. The molecule has 266 valence electrons. The predicted molar refractivity (Wildman–Crippen MR) is 230 cm³/mol. The van der Waals surface area contributed by atoms with Crippen LogP contribution < -0.4 is 0 Å². The van der Waals surface area contributed by atoms with Crippen LogP contribution >= 0.6 is 11.3 Å². The van der Waals surface area contributed by atoms with Gasteiger partial charge in [0.15, 0.2) is 28.9 Å². The molecule has 8 heteroatoms. The summed E-state index contributed by atoms with van der Waals surface area (Å²) in [4.78, 5) is 25.8. The molecule has 0 bridgehead atoms. The molecule has 0 spiro atoms. The van der Waals surface area contributed by atoms with Crippen molar-refractivity contribution in [1.82, 2.24) is 24.9 Å². The number of hydrogen-bond donors (Lipinski definition) is 0. The Labute approximate surface area is 328 Å². The molecule has 0 unspecified atom stereocenters. The lowest BCUT2D eigenvalue weighted by Crippen LogP contribution is -2.00. The first kappa shape index (κ1) is 31.8. The Morgan fingerprint density at radius 1 is 0.386 bits per heavy atom. The first-order valence-corrected chi connectivity index (χ1v) is 19.5. The number of benzene rings is 7. The molecule has 0 fully saturated rings. The van der Waals surface area contributed by atoms with Gasteiger partial charge < -0.3 is 8.83 Å². The normalized spacial score (nSPS) is 11.9. The second kappa shape index (κ2) is 12.5. The number of nitrogens with zero attached hydrogens (tertiary/aromatic N) is 5. The number of rotatable bonds is 5. The molecule has 0 aliphatic heterocycles. The molecule has 0 saturated heterocycles. The average molecular weight is 750 g/mol. The van der Waals surface area contributed by atoms with Gasteiger partial charge in [-0.25, -0.2) is 24.9 Å². The Morgan fingerprint density at radius 2 is 1.00 bits per heavy atom. The molecule has 7 aromatic carbocycles. The zero-order valence-electron chi connectivity index (χ0n) is 30.0. The van der Waals surface area contributed by atoms with Crippen molar-refractivity contribution in [2.75, 3.05) is 0 Å². The fraction of sp³-hybridized carbons (Fsp3) is 0. The predicted octanol–water partition coefficient (Wildman–Crippen LogP) is 13.2. The minimum atomic E-state index is 0.572. The molecule has 57 heavy (non-hydrogen) atoms. The minimum Gasteiger partial charge on any atom is -0.456 e. The Hall–Kier alpha value is -7.55. The number of fused-ring (bicyclic) bond motifs is 9. The topological polar surface area (TPSA) is 90.7 Å². The van der Waals surface area contributed by atoms with Crippen LogP contribution in [0.3, 0.4) is 0 Å². The average Bonchev–Trinajstić information content (AvgIpc) is 3.97. The lowest BCUT2D eigenvalue weighted by molar-refractivity contribution is 0.667. The molecule has 0 N–H and O–H groups in total. The molecule has 0 aliphatic carbocycles. The molecular weight excluding hydrogens is 723 g/mol. The van der Waals surface area contributed by atoms with Gasteiger partial charge >= 0.3 is 0 Å². The maximum absolute atomic E-state index is 6.41. The van der Waals surface area contributed by atoms with Crippen LogP contribution in [-0.2, 0) is 0 Å². The van der Waals surface area contributed by atoms with E-state index in [0.29, 0.717) is 28.9 Å². The van der Waals surface area contributed by atoms with Gasteiger partial charge in [-0.2, -0.15) is 0 Å². The Morgan fingerprint density at radius 3 is 1.82 bits per heavy atom. The molecule has 0 saturated carbocycles. The standard InChI is InChI=1S/C49H27N5O2S/c1-3-13-28(14-4-1)42-44-43(33-18-8-10-23-38(33)56-44)51-48(50-42)35-20-12-24-40-41(35)34-19-11-21-36(45(34)57-40)49-53-46(29-15-5-2-6-16-29)52-47(54-49)30-25-26-32-31-17-7-9-22-37(31)55-39(32)27-30/h1-27H. The van der Waals surface area contributed by atoms with Crippen molar-refractivity contribution < 1.29 is 8.83 Å². The molecule has 5 heterocycles. The van der Waals surface area contributed by atoms with Gasteiger partial charge in [0, 0.05) is 64.1 Å². The van der Waals surface area contributed by atoms with Gasteiger partial charge in [0.05, 0.1) is 0 Å². The van der Waals surface area contributed by atoms with Gasteiger partial charge in [-0.15, -0.1) is 11.3 Å². The molecule has 0 radical (unpaired) electrons. The zero-order chi connectivity index (χ0) is 37.5. The van der Waals surface area contributed by atoms with Crippen molar-refractivity contribution in [3.8, 4) is 56.8 Å². The van der Waals surface area contributed by atoms with E-state index in [1.165, 1.54) is 0 Å². The monoisotopic (exact) mass is 749 g/mol. The highest BCUT2D eigenvalue weighted by molar-refractivity contribution is 7.26. The highest BCUT2D eigenvalue weighted by atomic mass is 32.1. The highest BCUT2D eigenvalue weighted by Crippen LogP contribution is 2.44. The summed E-state index contributed by atoms with van der Waals surface area (Å²) in [5.41, 5.74) is 9.24. The van der Waals surface area contributed by atoms with Crippen LogP contribution in [0.15, 0.2) is 173 Å². The number of para-hydroxylation sites is 2. The van der Waals surface area contributed by atoms with Gasteiger partial charge in [-0.1, -0.05) is 121 Å². The van der Waals surface area contributed by atoms with Crippen LogP contribution in [0.5, 0.6) is 0 Å². The van der Waals surface area contributed by atoms with E-state index in [1.54, 1.807) is 11.3 Å². The van der Waals surface area contributed by atoms with E-state index in [1.807, 2.05) is 91.0 Å². The van der Waals surface area contributed by atoms with Crippen LogP contribution in [-0.4, -0.2) is 24.9 Å². The maximum atomic E-state index is 6.41. The highest BCUT2D eigenvalue weighted by Gasteiger charge is 2.22. The summed E-state index contributed by atoms with van der Waals surface area (Å²) in [5, 5.41) is 5.25. The van der Waals surface area contributed by atoms with Gasteiger partial charge in [-0.05, 0) is 42.5 Å². The molecule has 5 aromatic heterocycles. The minimum absolute atomic E-state index is 0.572. The van der Waals surface area contributed by atoms with Gasteiger partial charge in [0.2, 0.25) is 0 Å². The summed E-state index contributed by atoms with van der Waals surface area (Å²) in [5.74, 6) is 2.40. The van der Waals surface area contributed by atoms with Crippen molar-refractivity contribution >= 4 is 75.5 Å². The number of hydrogen-bond acceptors (Lipinski definition) is 8. The number of thiophene rings is 1. The molecule has 0 aliphatic rings. The summed E-state index contributed by atoms with van der Waals surface area (Å²) in [6.45, 7) is 0. The summed E-state index contributed by atoms with van der Waals surface area (Å²) in [7, 11) is 0. The quantitative estimate of drug-likeness (QED) is 0.173. The first-order valence-electron chi connectivity index (χ1n) is 18.7. The lowest BCUT2D eigenvalue weighted by Gasteiger charge is -2.09. The SMILES string of the molecule is c1ccc(-c2nc(-c3ccc4c(c3)oc3ccccc34)nc(-c3cccc4c3sc3cccc(-c5nc(-c6ccccc6)c6oc7ccccc7c6n5)c34)n2)cc1. The van der Waals surface area contributed by atoms with Crippen LogP contribution in [0.25, 0.3) is 121 Å². The lowest BCUT2D eigenvalue weighted by atomic mass is 10.0. The Balaban J connectivity index is 1.07. The van der Waals surface area contributed by atoms with Crippen LogP contribution in [0.2, 0.25) is 0 Å². The molecule has 12 rings (SSSR count). The molecule has 0 amide bonds. The smallest absolute Gasteiger partial charge is 0.180 e. The maximum Gasteiger partial charge on any atom is 0.180 e. The van der Waals surface area contributed by atoms with E-state index >= 15 is 0 Å². The zero-order valence-corrected chi connectivity index (χ0v) is 30.9. The van der Waals surface area contributed by atoms with Crippen LogP contribution in [0.1, 0.15) is 0 Å². The van der Waals surface area contributed by atoms with Gasteiger partial charge in [0.25, 0.3) is 0 Å². The number of furan rings is 2. The third-order valence-corrected chi connectivity index (χ3v) is 11.8. The summed E-state index contributed by atoms with van der Waals surface area (Å²) >= 11 is 1.72. The number of aromatic nitrogens is 5. The first-order chi connectivity index (χ1) is 28.2. The summed E-state index contributed by atoms with van der Waals surface area (Å²) in [6, 6.07) is 55.2. The second-order valence-corrected chi connectivity index (χ2v) is 15.0. The molecule has 7 nitrogen and oxygen atoms in total. The summed E-state index contributed by atoms with van der Waals surface area (Å²) < 4.78 is 14.9. The van der Waals surface area contributed by atoms with E-state index in [2.05, 4.69) is 72.8 Å². The summed E-state index contributed by atoms with van der Waals surface area (Å²) in [6.07, 6.45) is 0. The van der Waals surface area contributed by atoms with Crippen molar-refractivity contribution in [2.45, 2.75) is 0 Å². The van der Waals surface area contributed by atoms with Crippen molar-refractivity contribution in [1.29, 1.82) is 0 Å². The van der Waals surface area contributed by atoms with Crippen molar-refractivity contribution in [2.24, 2.45) is 0 Å². The third kappa shape index (κ3) is 5.08. The molecule has 12 aromatic rings. The van der Waals surface area contributed by atoms with Crippen LogP contribution in [0, 0.1) is 0 Å². The Kier molecular flexibility index (Phi) is 6.96. The largest absolute Gasteiger partial charge is 0.456 e. The van der Waals surface area contributed by atoms with Crippen LogP contribution in [0.4, 0.5) is 0 Å². The van der Waals surface area contributed by atoms with E-state index < -0.39 is 0 Å². The van der Waals surface area contributed by atoms with E-state index in [4.69, 9.17) is 33.8 Å². The van der Waals surface area contributed by atoms with Crippen molar-refractivity contribution in [3.63, 3.8) is 0 Å². The van der Waals surface area contributed by atoms with E-state index in [-0.39, 0.29) is 0 Å². The molecular formula is C49H27N5O2S. The molecule has 0 atom stereocenters. The Bertz CT molecular complexity index is 3540. The third-order valence-electron chi connectivity index (χ3n) is 10.6. The van der Waals surface area contributed by atoms with E-state index in [0.717, 1.165) is 92.1 Å². The van der Waals surface area contributed by atoms with E-state index in [9.17, 15) is 0 Å². The van der Waals surface area contributed by atoms with Gasteiger partial charge in [-0.3, -0.25) is 0 Å². The van der Waals surface area contributed by atoms with Crippen molar-refractivity contribution in [3.05, 3.63) is 164 Å². The van der Waals surface area contributed by atoms with Gasteiger partial charge in [0.1, 0.15) is 28.0 Å².